The summed E-state index contributed by atoms with van der Waals surface area (Å²) in [6, 6.07) is 0. The van der Waals surface area contributed by atoms with Crippen LogP contribution in [-0.2, 0) is 4.74 Å². The molecule has 1 aromatic heterocycles. The molecular formula is C9H14N2O2S. The van der Waals surface area contributed by atoms with E-state index in [1.54, 1.807) is 18.0 Å². The predicted molar refractivity (Wildman–Crippen MR) is 55.5 cm³/mol. The summed E-state index contributed by atoms with van der Waals surface area (Å²) in [4.78, 5) is 15.3. The highest BCUT2D eigenvalue weighted by Crippen LogP contribution is 2.01. The third-order valence-electron chi connectivity index (χ3n) is 1.73. The second kappa shape index (κ2) is 5.72. The van der Waals surface area contributed by atoms with Crippen molar-refractivity contribution in [2.45, 2.75) is 6.92 Å². The lowest BCUT2D eigenvalue weighted by atomic mass is 10.2. The van der Waals surface area contributed by atoms with Crippen molar-refractivity contribution in [3.05, 3.63) is 16.6 Å². The van der Waals surface area contributed by atoms with Crippen LogP contribution in [0.25, 0.3) is 0 Å². The van der Waals surface area contributed by atoms with Gasteiger partial charge in [0, 0.05) is 19.0 Å². The number of carbonyl (C=O) groups excluding carboxylic acids is 1. The number of aromatic nitrogens is 1. The minimum absolute atomic E-state index is 0.116. The Bertz CT molecular complexity index is 274. The third-order valence-corrected chi connectivity index (χ3v) is 2.31. The van der Waals surface area contributed by atoms with Gasteiger partial charge in [0.25, 0.3) is 5.91 Å². The molecule has 0 radical (unpaired) electrons. The van der Waals surface area contributed by atoms with E-state index in [1.165, 1.54) is 11.3 Å². The topological polar surface area (TPSA) is 51.2 Å². The molecule has 0 aromatic carbocycles. The van der Waals surface area contributed by atoms with Gasteiger partial charge >= 0.3 is 0 Å². The lowest BCUT2D eigenvalue weighted by molar-refractivity contribution is 0.0930. The first-order valence-electron chi connectivity index (χ1n) is 4.39. The van der Waals surface area contributed by atoms with Crippen LogP contribution in [0.3, 0.4) is 0 Å². The molecule has 0 aliphatic heterocycles. The van der Waals surface area contributed by atoms with Gasteiger partial charge in [-0.05, 0) is 5.92 Å². The lowest BCUT2D eigenvalue weighted by Gasteiger charge is -2.10. The third kappa shape index (κ3) is 3.43. The molecular weight excluding hydrogens is 200 g/mol. The zero-order valence-electron chi connectivity index (χ0n) is 8.32. The average molecular weight is 214 g/mol. The van der Waals surface area contributed by atoms with Crippen molar-refractivity contribution < 1.29 is 9.53 Å². The molecule has 1 rings (SSSR count). The van der Waals surface area contributed by atoms with Crippen LogP contribution in [0.2, 0.25) is 0 Å². The van der Waals surface area contributed by atoms with Crippen LogP contribution in [0.5, 0.6) is 0 Å². The monoisotopic (exact) mass is 214 g/mol. The zero-order valence-corrected chi connectivity index (χ0v) is 9.13. The first-order chi connectivity index (χ1) is 6.74. The van der Waals surface area contributed by atoms with E-state index < -0.39 is 0 Å². The second-order valence-electron chi connectivity index (χ2n) is 3.14. The van der Waals surface area contributed by atoms with Gasteiger partial charge in [0.05, 0.1) is 12.1 Å². The number of rotatable bonds is 5. The van der Waals surface area contributed by atoms with Gasteiger partial charge in [0.15, 0.2) is 0 Å². The van der Waals surface area contributed by atoms with Gasteiger partial charge in [-0.25, -0.2) is 4.98 Å². The largest absolute Gasteiger partial charge is 0.384 e. The summed E-state index contributed by atoms with van der Waals surface area (Å²) in [6.45, 7) is 3.28. The fraction of sp³-hybridized carbons (Fsp3) is 0.556. The summed E-state index contributed by atoms with van der Waals surface area (Å²) >= 11 is 1.42. The van der Waals surface area contributed by atoms with Gasteiger partial charge in [-0.1, -0.05) is 6.92 Å². The van der Waals surface area contributed by atoms with Gasteiger partial charge in [-0.2, -0.15) is 0 Å². The molecule has 78 valence electrons. The maximum Gasteiger partial charge on any atom is 0.270 e. The van der Waals surface area contributed by atoms with Crippen LogP contribution in [0, 0.1) is 5.92 Å². The Morgan fingerprint density at radius 2 is 2.57 bits per heavy atom. The number of ether oxygens (including phenoxy) is 1. The van der Waals surface area contributed by atoms with E-state index in [1.807, 2.05) is 6.92 Å². The highest BCUT2D eigenvalue weighted by molar-refractivity contribution is 7.07. The predicted octanol–water partition coefficient (Wildman–Crippen LogP) is 1.16. The van der Waals surface area contributed by atoms with Crippen LogP contribution in [0.4, 0.5) is 0 Å². The maximum absolute atomic E-state index is 11.4. The van der Waals surface area contributed by atoms with E-state index in [0.717, 1.165) is 0 Å². The summed E-state index contributed by atoms with van der Waals surface area (Å²) in [6.07, 6.45) is 0. The van der Waals surface area contributed by atoms with Gasteiger partial charge in [0.1, 0.15) is 5.69 Å². The molecule has 0 bridgehead atoms. The molecule has 4 nitrogen and oxygen atoms in total. The number of methoxy groups -OCH3 is 1. The number of nitrogens with zero attached hydrogens (tertiary/aromatic N) is 1. The minimum atomic E-state index is -0.116. The summed E-state index contributed by atoms with van der Waals surface area (Å²) in [5, 5.41) is 4.53. The fourth-order valence-corrected chi connectivity index (χ4v) is 1.56. The maximum atomic E-state index is 11.4. The molecule has 1 amide bonds. The van der Waals surface area contributed by atoms with Crippen molar-refractivity contribution >= 4 is 17.2 Å². The Labute approximate surface area is 87.3 Å². The van der Waals surface area contributed by atoms with Gasteiger partial charge in [-0.15, -0.1) is 11.3 Å². The molecule has 0 aliphatic rings. The minimum Gasteiger partial charge on any atom is -0.384 e. The van der Waals surface area contributed by atoms with Crippen LogP contribution < -0.4 is 5.32 Å². The molecule has 0 spiro atoms. The van der Waals surface area contributed by atoms with E-state index in [-0.39, 0.29) is 5.91 Å². The van der Waals surface area contributed by atoms with Crippen LogP contribution in [0.15, 0.2) is 10.9 Å². The molecule has 1 unspecified atom stereocenters. The fourth-order valence-electron chi connectivity index (χ4n) is 1.03. The molecule has 1 atom stereocenters. The Kier molecular flexibility index (Phi) is 4.55. The number of nitrogens with one attached hydrogen (secondary N) is 1. The number of hydrogen-bond donors (Lipinski definition) is 1. The standard InChI is InChI=1S/C9H14N2O2S/c1-7(4-13-2)3-10-9(12)8-5-14-6-11-8/h5-7H,3-4H2,1-2H3,(H,10,12). The van der Waals surface area contributed by atoms with E-state index in [0.29, 0.717) is 24.8 Å². The normalized spacial score (nSPS) is 12.4. The van der Waals surface area contributed by atoms with Crippen molar-refractivity contribution in [1.82, 2.24) is 10.3 Å². The van der Waals surface area contributed by atoms with E-state index in [9.17, 15) is 4.79 Å². The summed E-state index contributed by atoms with van der Waals surface area (Å²) in [7, 11) is 1.65. The first-order valence-corrected chi connectivity index (χ1v) is 5.33. The molecule has 0 saturated heterocycles. The molecule has 14 heavy (non-hydrogen) atoms. The Balaban J connectivity index is 2.28. The Morgan fingerprint density at radius 3 is 3.14 bits per heavy atom. The lowest BCUT2D eigenvalue weighted by Crippen LogP contribution is -2.30. The highest BCUT2D eigenvalue weighted by Gasteiger charge is 2.08. The van der Waals surface area contributed by atoms with Crippen molar-refractivity contribution in [2.24, 2.45) is 5.92 Å². The van der Waals surface area contributed by atoms with Crippen LogP contribution >= 0.6 is 11.3 Å². The van der Waals surface area contributed by atoms with Gasteiger partial charge < -0.3 is 10.1 Å². The van der Waals surface area contributed by atoms with Crippen molar-refractivity contribution in [2.75, 3.05) is 20.3 Å². The molecule has 0 saturated carbocycles. The van der Waals surface area contributed by atoms with Gasteiger partial charge in [-0.3, -0.25) is 4.79 Å². The van der Waals surface area contributed by atoms with Gasteiger partial charge in [0.2, 0.25) is 0 Å². The second-order valence-corrected chi connectivity index (χ2v) is 3.86. The SMILES string of the molecule is COCC(C)CNC(=O)c1cscn1. The number of carbonyl (C=O) groups is 1. The van der Waals surface area contributed by atoms with Crippen molar-refractivity contribution in [1.29, 1.82) is 0 Å². The highest BCUT2D eigenvalue weighted by atomic mass is 32.1. The number of hydrogen-bond acceptors (Lipinski definition) is 4. The Hall–Kier alpha value is -0.940. The summed E-state index contributed by atoms with van der Waals surface area (Å²) < 4.78 is 4.96. The summed E-state index contributed by atoms with van der Waals surface area (Å²) in [5.74, 6) is 0.205. The number of amides is 1. The summed E-state index contributed by atoms with van der Waals surface area (Å²) in [5.41, 5.74) is 2.13. The average Bonchev–Trinajstić information content (AvgIpc) is 2.67. The molecule has 1 heterocycles. The van der Waals surface area contributed by atoms with Crippen LogP contribution in [0.1, 0.15) is 17.4 Å². The molecule has 0 fully saturated rings. The van der Waals surface area contributed by atoms with Crippen LogP contribution in [-0.4, -0.2) is 31.2 Å². The Morgan fingerprint density at radius 1 is 1.79 bits per heavy atom. The quantitative estimate of drug-likeness (QED) is 0.800. The number of thiazole rings is 1. The smallest absolute Gasteiger partial charge is 0.270 e. The molecule has 5 heteroatoms. The van der Waals surface area contributed by atoms with E-state index in [4.69, 9.17) is 4.74 Å². The van der Waals surface area contributed by atoms with Crippen molar-refractivity contribution in [3.63, 3.8) is 0 Å². The van der Waals surface area contributed by atoms with E-state index >= 15 is 0 Å². The molecule has 0 aliphatic carbocycles. The molecule has 1 N–H and O–H groups in total. The van der Waals surface area contributed by atoms with E-state index in [2.05, 4.69) is 10.3 Å². The zero-order chi connectivity index (χ0) is 10.4. The molecule has 1 aromatic rings. The first kappa shape index (κ1) is 11.1. The van der Waals surface area contributed by atoms with Crippen molar-refractivity contribution in [3.8, 4) is 0 Å².